The quantitative estimate of drug-likeness (QED) is 0.898. The second-order valence-corrected chi connectivity index (χ2v) is 4.73. The second kappa shape index (κ2) is 4.94. The normalized spacial score (nSPS) is 21.3. The molecule has 4 heteroatoms. The van der Waals surface area contributed by atoms with Gasteiger partial charge in [-0.25, -0.2) is 4.98 Å². The summed E-state index contributed by atoms with van der Waals surface area (Å²) in [5.74, 6) is 0.936. The van der Waals surface area contributed by atoms with Gasteiger partial charge in [-0.2, -0.15) is 0 Å². The highest BCUT2D eigenvalue weighted by Gasteiger charge is 2.13. The van der Waals surface area contributed by atoms with Crippen molar-refractivity contribution in [3.63, 3.8) is 0 Å². The summed E-state index contributed by atoms with van der Waals surface area (Å²) >= 11 is 3.44. The molecule has 1 atom stereocenters. The fourth-order valence-electron chi connectivity index (χ4n) is 1.68. The number of halogens is 1. The molecule has 1 fully saturated rings. The lowest BCUT2D eigenvalue weighted by Gasteiger charge is -2.23. The first-order valence-electron chi connectivity index (χ1n) is 5.22. The number of aromatic nitrogens is 1. The predicted octanol–water partition coefficient (Wildman–Crippen LogP) is 2.74. The van der Waals surface area contributed by atoms with Gasteiger partial charge in [-0.1, -0.05) is 0 Å². The van der Waals surface area contributed by atoms with Crippen molar-refractivity contribution in [3.05, 3.63) is 22.3 Å². The van der Waals surface area contributed by atoms with Gasteiger partial charge in [0.2, 0.25) is 0 Å². The summed E-state index contributed by atoms with van der Waals surface area (Å²) in [5.41, 5.74) is 1.20. The minimum atomic E-state index is 0.409. The number of aryl methyl sites for hydroxylation is 1. The zero-order valence-corrected chi connectivity index (χ0v) is 10.4. The molecule has 1 aliphatic heterocycles. The third-order valence-corrected chi connectivity index (χ3v) is 3.39. The van der Waals surface area contributed by atoms with Gasteiger partial charge in [-0.15, -0.1) is 0 Å². The second-order valence-electron chi connectivity index (χ2n) is 3.88. The number of hydrogen-bond acceptors (Lipinski definition) is 3. The Kier molecular flexibility index (Phi) is 3.59. The van der Waals surface area contributed by atoms with Crippen LogP contribution in [0.4, 0.5) is 5.82 Å². The number of pyridine rings is 1. The molecule has 1 N–H and O–H groups in total. The molecule has 1 aromatic rings. The van der Waals surface area contributed by atoms with Crippen molar-refractivity contribution in [3.8, 4) is 0 Å². The van der Waals surface area contributed by atoms with Crippen LogP contribution < -0.4 is 5.32 Å². The van der Waals surface area contributed by atoms with Crippen LogP contribution in [0.1, 0.15) is 18.4 Å². The third-order valence-electron chi connectivity index (χ3n) is 2.56. The van der Waals surface area contributed by atoms with E-state index in [1.54, 1.807) is 0 Å². The first-order chi connectivity index (χ1) is 7.25. The van der Waals surface area contributed by atoms with Crippen molar-refractivity contribution < 1.29 is 4.74 Å². The van der Waals surface area contributed by atoms with Crippen LogP contribution in [0.3, 0.4) is 0 Å². The molecule has 1 aromatic heterocycles. The molecule has 0 spiro atoms. The van der Waals surface area contributed by atoms with Gasteiger partial charge in [0, 0.05) is 17.3 Å². The van der Waals surface area contributed by atoms with Gasteiger partial charge >= 0.3 is 0 Å². The van der Waals surface area contributed by atoms with E-state index in [0.29, 0.717) is 6.04 Å². The first kappa shape index (κ1) is 10.9. The maximum absolute atomic E-state index is 5.41. The fourth-order valence-corrected chi connectivity index (χ4v) is 1.90. The Bertz CT molecular complexity index is 337. The average Bonchev–Trinajstić information content (AvgIpc) is 2.25. The largest absolute Gasteiger partial charge is 0.379 e. The highest BCUT2D eigenvalue weighted by molar-refractivity contribution is 9.10. The summed E-state index contributed by atoms with van der Waals surface area (Å²) in [6.45, 7) is 3.75. The van der Waals surface area contributed by atoms with Crippen LogP contribution in [-0.2, 0) is 4.74 Å². The number of nitrogens with one attached hydrogen (secondary N) is 1. The summed E-state index contributed by atoms with van der Waals surface area (Å²) < 4.78 is 6.46. The van der Waals surface area contributed by atoms with Crippen LogP contribution in [0.2, 0.25) is 0 Å². The molecule has 0 saturated carbocycles. The van der Waals surface area contributed by atoms with Crippen LogP contribution in [0, 0.1) is 6.92 Å². The van der Waals surface area contributed by atoms with Crippen molar-refractivity contribution >= 4 is 21.7 Å². The number of ether oxygens (including phenoxy) is 1. The fraction of sp³-hybridized carbons (Fsp3) is 0.545. The zero-order chi connectivity index (χ0) is 10.7. The van der Waals surface area contributed by atoms with E-state index in [1.165, 1.54) is 5.56 Å². The highest BCUT2D eigenvalue weighted by atomic mass is 79.9. The van der Waals surface area contributed by atoms with Gasteiger partial charge in [0.05, 0.1) is 12.6 Å². The minimum absolute atomic E-state index is 0.409. The molecule has 0 aromatic carbocycles. The third kappa shape index (κ3) is 2.92. The summed E-state index contributed by atoms with van der Waals surface area (Å²) in [7, 11) is 0. The summed E-state index contributed by atoms with van der Waals surface area (Å²) in [6, 6.07) is 2.46. The van der Waals surface area contributed by atoms with Gasteiger partial charge in [0.15, 0.2) is 0 Å². The molecule has 2 rings (SSSR count). The van der Waals surface area contributed by atoms with Crippen LogP contribution in [0.25, 0.3) is 0 Å². The highest BCUT2D eigenvalue weighted by Crippen LogP contribution is 2.19. The molecule has 0 aliphatic carbocycles. The Hall–Kier alpha value is -0.610. The van der Waals surface area contributed by atoms with E-state index in [2.05, 4.69) is 39.2 Å². The molecule has 1 saturated heterocycles. The Labute approximate surface area is 98.4 Å². The molecule has 0 radical (unpaired) electrons. The van der Waals surface area contributed by atoms with Crippen LogP contribution in [0.15, 0.2) is 16.7 Å². The summed E-state index contributed by atoms with van der Waals surface area (Å²) in [5, 5.41) is 3.39. The summed E-state index contributed by atoms with van der Waals surface area (Å²) in [4.78, 5) is 4.32. The Balaban J connectivity index is 2.00. The van der Waals surface area contributed by atoms with Gasteiger partial charge in [-0.3, -0.25) is 0 Å². The smallest absolute Gasteiger partial charge is 0.126 e. The van der Waals surface area contributed by atoms with Gasteiger partial charge < -0.3 is 10.1 Å². The van der Waals surface area contributed by atoms with Crippen molar-refractivity contribution in [1.82, 2.24) is 4.98 Å². The van der Waals surface area contributed by atoms with Gasteiger partial charge in [0.25, 0.3) is 0 Å². The predicted molar refractivity (Wildman–Crippen MR) is 64.1 cm³/mol. The maximum Gasteiger partial charge on any atom is 0.126 e. The van der Waals surface area contributed by atoms with Crippen molar-refractivity contribution in [2.45, 2.75) is 25.8 Å². The lowest BCUT2D eigenvalue weighted by Crippen LogP contribution is -2.30. The van der Waals surface area contributed by atoms with Crippen LogP contribution in [-0.4, -0.2) is 24.2 Å². The standard InChI is InChI=1S/C11H15BrN2O/c1-8-5-11(13-6-10(8)12)14-9-3-2-4-15-7-9/h5-6,9H,2-4,7H2,1H3,(H,13,14). The molecular weight excluding hydrogens is 256 g/mol. The molecule has 3 nitrogen and oxygen atoms in total. The van der Waals surface area contributed by atoms with E-state index in [-0.39, 0.29) is 0 Å². The van der Waals surface area contributed by atoms with E-state index >= 15 is 0 Å². The minimum Gasteiger partial charge on any atom is -0.379 e. The Morgan fingerprint density at radius 3 is 3.13 bits per heavy atom. The SMILES string of the molecule is Cc1cc(NC2CCCOC2)ncc1Br. The number of nitrogens with zero attached hydrogens (tertiary/aromatic N) is 1. The topological polar surface area (TPSA) is 34.1 Å². The van der Waals surface area contributed by atoms with E-state index in [4.69, 9.17) is 4.74 Å². The molecule has 82 valence electrons. The summed E-state index contributed by atoms with van der Waals surface area (Å²) in [6.07, 6.45) is 4.13. The number of hydrogen-bond donors (Lipinski definition) is 1. The molecule has 2 heterocycles. The van der Waals surface area contributed by atoms with E-state index in [1.807, 2.05) is 6.20 Å². The zero-order valence-electron chi connectivity index (χ0n) is 8.79. The van der Waals surface area contributed by atoms with Crippen LogP contribution >= 0.6 is 15.9 Å². The molecule has 1 unspecified atom stereocenters. The Morgan fingerprint density at radius 2 is 2.47 bits per heavy atom. The van der Waals surface area contributed by atoms with Crippen molar-refractivity contribution in [2.75, 3.05) is 18.5 Å². The molecular formula is C11H15BrN2O. The number of anilines is 1. The maximum atomic E-state index is 5.41. The molecule has 0 bridgehead atoms. The van der Waals surface area contributed by atoms with Crippen LogP contribution in [0.5, 0.6) is 0 Å². The van der Waals surface area contributed by atoms with Gasteiger partial charge in [0.1, 0.15) is 5.82 Å². The first-order valence-corrected chi connectivity index (χ1v) is 6.01. The number of rotatable bonds is 2. The lowest BCUT2D eigenvalue weighted by molar-refractivity contribution is 0.0875. The van der Waals surface area contributed by atoms with E-state index < -0.39 is 0 Å². The molecule has 0 amide bonds. The lowest BCUT2D eigenvalue weighted by atomic mass is 10.1. The Morgan fingerprint density at radius 1 is 1.60 bits per heavy atom. The van der Waals surface area contributed by atoms with E-state index in [0.717, 1.165) is 36.3 Å². The van der Waals surface area contributed by atoms with Gasteiger partial charge in [-0.05, 0) is 47.3 Å². The molecule has 15 heavy (non-hydrogen) atoms. The monoisotopic (exact) mass is 270 g/mol. The van der Waals surface area contributed by atoms with Crippen molar-refractivity contribution in [1.29, 1.82) is 0 Å². The molecule has 1 aliphatic rings. The van der Waals surface area contributed by atoms with Crippen molar-refractivity contribution in [2.24, 2.45) is 0 Å². The average molecular weight is 271 g/mol. The van der Waals surface area contributed by atoms with E-state index in [9.17, 15) is 0 Å².